The molecule has 11 heteroatoms. The average molecular weight is 483 g/mol. The first-order chi connectivity index (χ1) is 16.0. The second-order valence-corrected chi connectivity index (χ2v) is 10.2. The van der Waals surface area contributed by atoms with Gasteiger partial charge in [-0.2, -0.15) is 0 Å². The number of amides is 2. The van der Waals surface area contributed by atoms with Crippen molar-refractivity contribution in [1.29, 1.82) is 0 Å². The fourth-order valence-corrected chi connectivity index (χ4v) is 6.19. The predicted octanol–water partition coefficient (Wildman–Crippen LogP) is 3.27. The molecule has 2 unspecified atom stereocenters. The maximum absolute atomic E-state index is 13.8. The van der Waals surface area contributed by atoms with Gasteiger partial charge in [0.25, 0.3) is 11.8 Å². The standard InChI is InChI=1S/C22H19FN6O2S2/c23-13-3-1-2-11(6-13)18-17(27-21(24)33-18)20(31)29-14(7-12-8-15(12)29)9-25-19(30)16-10-26-22-28(16)4-5-32-22/h1-6,10,12,14-15H,7-9H2,(H2,24,27)(H,25,30)/t12?,14-,15?/m0/s1. The van der Waals surface area contributed by atoms with Crippen molar-refractivity contribution >= 4 is 44.6 Å². The van der Waals surface area contributed by atoms with E-state index in [1.807, 2.05) is 16.5 Å². The molecule has 4 heterocycles. The number of carbonyl (C=O) groups excluding carboxylic acids is 2. The van der Waals surface area contributed by atoms with Crippen LogP contribution in [0.5, 0.6) is 0 Å². The van der Waals surface area contributed by atoms with Gasteiger partial charge in [-0.3, -0.25) is 14.0 Å². The Hall–Kier alpha value is -3.31. The molecule has 3 atom stereocenters. The van der Waals surface area contributed by atoms with E-state index in [9.17, 15) is 14.0 Å². The Balaban J connectivity index is 1.23. The number of aromatic nitrogens is 3. The van der Waals surface area contributed by atoms with E-state index in [1.165, 1.54) is 34.8 Å². The molecule has 0 bridgehead atoms. The van der Waals surface area contributed by atoms with E-state index in [0.717, 1.165) is 17.8 Å². The number of rotatable bonds is 5. The maximum Gasteiger partial charge on any atom is 0.274 e. The number of imidazole rings is 1. The molecule has 6 rings (SSSR count). The van der Waals surface area contributed by atoms with Crippen LogP contribution in [0.15, 0.2) is 42.0 Å². The van der Waals surface area contributed by atoms with E-state index in [2.05, 4.69) is 15.3 Å². The zero-order valence-corrected chi connectivity index (χ0v) is 18.9. The van der Waals surface area contributed by atoms with Crippen LogP contribution in [-0.2, 0) is 0 Å². The minimum Gasteiger partial charge on any atom is -0.375 e. The Morgan fingerprint density at radius 1 is 1.30 bits per heavy atom. The molecule has 168 valence electrons. The fourth-order valence-electron chi connectivity index (χ4n) is 4.68. The number of fused-ring (bicyclic) bond motifs is 2. The number of nitrogen functional groups attached to an aromatic ring is 1. The summed E-state index contributed by atoms with van der Waals surface area (Å²) >= 11 is 2.63. The lowest BCUT2D eigenvalue weighted by atomic mass is 10.1. The highest BCUT2D eigenvalue weighted by molar-refractivity contribution is 7.19. The van der Waals surface area contributed by atoms with E-state index in [-0.39, 0.29) is 40.5 Å². The molecular weight excluding hydrogens is 463 g/mol. The number of anilines is 1. The van der Waals surface area contributed by atoms with Crippen molar-refractivity contribution in [1.82, 2.24) is 24.6 Å². The molecule has 1 aliphatic heterocycles. The molecule has 0 radical (unpaired) electrons. The van der Waals surface area contributed by atoms with Crippen molar-refractivity contribution < 1.29 is 14.0 Å². The molecule has 2 fully saturated rings. The van der Waals surface area contributed by atoms with E-state index >= 15 is 0 Å². The lowest BCUT2D eigenvalue weighted by Crippen LogP contribution is -2.45. The van der Waals surface area contributed by atoms with Crippen molar-refractivity contribution in [2.45, 2.75) is 24.9 Å². The summed E-state index contributed by atoms with van der Waals surface area (Å²) in [6, 6.07) is 6.07. The largest absolute Gasteiger partial charge is 0.375 e. The lowest BCUT2D eigenvalue weighted by molar-refractivity contribution is 0.0684. The van der Waals surface area contributed by atoms with Gasteiger partial charge in [-0.05, 0) is 36.5 Å². The van der Waals surface area contributed by atoms with Crippen LogP contribution in [-0.4, -0.2) is 49.7 Å². The summed E-state index contributed by atoms with van der Waals surface area (Å²) in [6.07, 6.45) is 5.14. The van der Waals surface area contributed by atoms with E-state index < -0.39 is 0 Å². The number of benzene rings is 1. The number of nitrogens with one attached hydrogen (secondary N) is 1. The number of nitrogens with zero attached hydrogens (tertiary/aromatic N) is 4. The van der Waals surface area contributed by atoms with Gasteiger partial charge < -0.3 is 16.0 Å². The molecule has 2 amide bonds. The molecule has 4 aromatic rings. The SMILES string of the molecule is Nc1nc(C(=O)N2C3CC3C[C@H]2CNC(=O)c2cnc3sccn23)c(-c2cccc(F)c2)s1. The van der Waals surface area contributed by atoms with Crippen LogP contribution >= 0.6 is 22.7 Å². The van der Waals surface area contributed by atoms with Gasteiger partial charge in [0.1, 0.15) is 17.2 Å². The molecule has 1 aliphatic carbocycles. The molecule has 1 aromatic carbocycles. The first kappa shape index (κ1) is 20.3. The second-order valence-electron chi connectivity index (χ2n) is 8.31. The molecule has 8 nitrogen and oxygen atoms in total. The van der Waals surface area contributed by atoms with Crippen LogP contribution < -0.4 is 11.1 Å². The number of carbonyl (C=O) groups is 2. The monoisotopic (exact) mass is 482 g/mol. The number of nitrogens with two attached hydrogens (primary N) is 1. The van der Waals surface area contributed by atoms with Crippen LogP contribution in [0.2, 0.25) is 0 Å². The Morgan fingerprint density at radius 3 is 3.03 bits per heavy atom. The van der Waals surface area contributed by atoms with Crippen LogP contribution in [0.25, 0.3) is 15.4 Å². The van der Waals surface area contributed by atoms with Crippen molar-refractivity contribution in [3.63, 3.8) is 0 Å². The summed E-state index contributed by atoms with van der Waals surface area (Å²) in [4.78, 5) is 38.0. The molecular formula is C22H19FN6O2S2. The van der Waals surface area contributed by atoms with Gasteiger partial charge in [-0.15, -0.1) is 11.3 Å². The zero-order valence-electron chi connectivity index (χ0n) is 17.3. The van der Waals surface area contributed by atoms with Crippen molar-refractivity contribution in [2.75, 3.05) is 12.3 Å². The van der Waals surface area contributed by atoms with Gasteiger partial charge >= 0.3 is 0 Å². The van der Waals surface area contributed by atoms with Gasteiger partial charge in [-0.1, -0.05) is 23.5 Å². The third-order valence-electron chi connectivity index (χ3n) is 6.26. The summed E-state index contributed by atoms with van der Waals surface area (Å²) in [5.74, 6) is -0.409. The minimum atomic E-state index is -0.388. The number of hydrogen-bond donors (Lipinski definition) is 2. The lowest BCUT2D eigenvalue weighted by Gasteiger charge is -2.27. The third-order valence-corrected chi connectivity index (χ3v) is 7.96. The van der Waals surface area contributed by atoms with Gasteiger partial charge in [-0.25, -0.2) is 14.4 Å². The Morgan fingerprint density at radius 2 is 2.18 bits per heavy atom. The maximum atomic E-state index is 13.8. The topological polar surface area (TPSA) is 106 Å². The van der Waals surface area contributed by atoms with Crippen molar-refractivity contribution in [3.8, 4) is 10.4 Å². The molecule has 1 saturated carbocycles. The summed E-state index contributed by atoms with van der Waals surface area (Å²) in [5.41, 5.74) is 7.22. The summed E-state index contributed by atoms with van der Waals surface area (Å²) in [6.45, 7) is 0.337. The van der Waals surface area contributed by atoms with Gasteiger partial charge in [0, 0.05) is 24.2 Å². The number of piperidine rings is 1. The predicted molar refractivity (Wildman–Crippen MR) is 124 cm³/mol. The molecule has 2 aliphatic rings. The Labute approximate surface area is 195 Å². The summed E-state index contributed by atoms with van der Waals surface area (Å²) < 4.78 is 15.6. The van der Waals surface area contributed by atoms with Crippen LogP contribution in [0.1, 0.15) is 33.8 Å². The van der Waals surface area contributed by atoms with Gasteiger partial charge in [0.2, 0.25) is 0 Å². The molecule has 1 saturated heterocycles. The van der Waals surface area contributed by atoms with Gasteiger partial charge in [0.15, 0.2) is 10.1 Å². The number of halogens is 1. The highest BCUT2D eigenvalue weighted by atomic mass is 32.1. The first-order valence-electron chi connectivity index (χ1n) is 10.5. The van der Waals surface area contributed by atoms with Crippen LogP contribution in [0, 0.1) is 11.7 Å². The van der Waals surface area contributed by atoms with E-state index in [1.54, 1.807) is 22.7 Å². The van der Waals surface area contributed by atoms with Crippen LogP contribution in [0.3, 0.4) is 0 Å². The molecule has 0 spiro atoms. The van der Waals surface area contributed by atoms with Crippen molar-refractivity contribution in [3.05, 3.63) is 59.2 Å². The van der Waals surface area contributed by atoms with E-state index in [0.29, 0.717) is 28.6 Å². The average Bonchev–Trinajstić information content (AvgIpc) is 3.21. The minimum absolute atomic E-state index is 0.139. The molecule has 3 N–H and O–H groups in total. The van der Waals surface area contributed by atoms with E-state index in [4.69, 9.17) is 5.73 Å². The molecule has 3 aromatic heterocycles. The highest BCUT2D eigenvalue weighted by Crippen LogP contribution is 2.49. The first-order valence-corrected chi connectivity index (χ1v) is 12.2. The second kappa shape index (κ2) is 7.63. The fraction of sp³-hybridized carbons (Fsp3) is 0.273. The normalized spacial score (nSPS) is 21.4. The third kappa shape index (κ3) is 3.47. The zero-order chi connectivity index (χ0) is 22.7. The smallest absolute Gasteiger partial charge is 0.274 e. The molecule has 33 heavy (non-hydrogen) atoms. The quantitative estimate of drug-likeness (QED) is 0.454. The van der Waals surface area contributed by atoms with Gasteiger partial charge in [0.05, 0.1) is 17.1 Å². The summed E-state index contributed by atoms with van der Waals surface area (Å²) in [7, 11) is 0. The highest BCUT2D eigenvalue weighted by Gasteiger charge is 2.54. The Bertz CT molecular complexity index is 1390. The summed E-state index contributed by atoms with van der Waals surface area (Å²) in [5, 5.41) is 5.10. The Kier molecular flexibility index (Phi) is 4.70. The van der Waals surface area contributed by atoms with Crippen LogP contribution in [0.4, 0.5) is 9.52 Å². The number of hydrogen-bond acceptors (Lipinski definition) is 7. The number of likely N-dealkylation sites (tertiary alicyclic amines) is 1. The van der Waals surface area contributed by atoms with Crippen molar-refractivity contribution in [2.24, 2.45) is 5.92 Å². The number of thiazole rings is 2.